The maximum atomic E-state index is 9.32. The summed E-state index contributed by atoms with van der Waals surface area (Å²) >= 11 is 0. The minimum Gasteiger partial charge on any atom is -0.468 e. The van der Waals surface area contributed by atoms with Crippen LogP contribution in [0.15, 0.2) is 65.5 Å². The fourth-order valence-electron chi connectivity index (χ4n) is 3.78. The Morgan fingerprint density at radius 1 is 1.07 bits per heavy atom. The standard InChI is InChI=1S/C21H17N3O3/c22-20-19-18(15-6-3-11-26-15)17-14-5-2-1-4-13(14)7-8-16(17)27-21(19)23-12-24(20)9-10-25/h1-8,11-12,18,22,25H,9-10H2. The molecule has 0 amide bonds. The fourth-order valence-corrected chi connectivity index (χ4v) is 3.78. The van der Waals surface area contributed by atoms with Gasteiger partial charge in [-0.2, -0.15) is 0 Å². The quantitative estimate of drug-likeness (QED) is 0.517. The Morgan fingerprint density at radius 2 is 1.96 bits per heavy atom. The van der Waals surface area contributed by atoms with Crippen molar-refractivity contribution >= 4 is 10.8 Å². The van der Waals surface area contributed by atoms with Gasteiger partial charge in [0, 0.05) is 12.1 Å². The Labute approximate surface area is 154 Å². The van der Waals surface area contributed by atoms with Gasteiger partial charge in [0.15, 0.2) is 0 Å². The number of furan rings is 1. The van der Waals surface area contributed by atoms with E-state index >= 15 is 0 Å². The van der Waals surface area contributed by atoms with Crippen molar-refractivity contribution in [2.45, 2.75) is 12.5 Å². The summed E-state index contributed by atoms with van der Waals surface area (Å²) in [5, 5.41) is 20.2. The number of aliphatic hydroxyl groups excluding tert-OH is 1. The summed E-state index contributed by atoms with van der Waals surface area (Å²) in [6.45, 7) is 0.231. The molecule has 2 aromatic heterocycles. The van der Waals surface area contributed by atoms with Gasteiger partial charge in [0.05, 0.1) is 24.4 Å². The molecule has 6 heteroatoms. The molecule has 134 valence electrons. The molecule has 0 spiro atoms. The number of aromatic nitrogens is 2. The zero-order chi connectivity index (χ0) is 18.4. The minimum atomic E-state index is -0.309. The second kappa shape index (κ2) is 6.10. The number of nitrogens with one attached hydrogen (secondary N) is 1. The van der Waals surface area contributed by atoms with Crippen molar-refractivity contribution in [3.05, 3.63) is 83.5 Å². The zero-order valence-electron chi connectivity index (χ0n) is 14.4. The Hall–Kier alpha value is -3.38. The van der Waals surface area contributed by atoms with E-state index in [1.807, 2.05) is 36.4 Å². The lowest BCUT2D eigenvalue weighted by atomic mass is 9.84. The molecular weight excluding hydrogens is 342 g/mol. The molecule has 6 nitrogen and oxygen atoms in total. The first-order valence-corrected chi connectivity index (χ1v) is 8.75. The van der Waals surface area contributed by atoms with Crippen LogP contribution in [0.1, 0.15) is 22.8 Å². The molecular formula is C21H17N3O3. The first-order valence-electron chi connectivity index (χ1n) is 8.75. The van der Waals surface area contributed by atoms with Crippen molar-refractivity contribution in [1.29, 1.82) is 5.41 Å². The lowest BCUT2D eigenvalue weighted by Crippen LogP contribution is -2.30. The summed E-state index contributed by atoms with van der Waals surface area (Å²) in [4.78, 5) is 4.41. The maximum absolute atomic E-state index is 9.32. The number of hydrogen-bond donors (Lipinski definition) is 2. The molecule has 0 saturated heterocycles. The second-order valence-electron chi connectivity index (χ2n) is 6.48. The SMILES string of the molecule is N=c1c2c(ncn1CCO)Oc1ccc3ccccc3c1C2c1ccco1. The fraction of sp³-hybridized carbons (Fsp3) is 0.143. The van der Waals surface area contributed by atoms with Gasteiger partial charge < -0.3 is 18.8 Å². The van der Waals surface area contributed by atoms with Gasteiger partial charge in [-0.05, 0) is 29.0 Å². The number of ether oxygens (including phenoxy) is 1. The summed E-state index contributed by atoms with van der Waals surface area (Å²) in [7, 11) is 0. The summed E-state index contributed by atoms with van der Waals surface area (Å²) < 4.78 is 13.5. The molecule has 1 aliphatic rings. The normalized spacial score (nSPS) is 15.2. The highest BCUT2D eigenvalue weighted by Gasteiger charge is 2.35. The van der Waals surface area contributed by atoms with Gasteiger partial charge in [-0.3, -0.25) is 5.41 Å². The molecule has 27 heavy (non-hydrogen) atoms. The molecule has 2 aromatic carbocycles. The number of nitrogens with zero attached hydrogens (tertiary/aromatic N) is 2. The Morgan fingerprint density at radius 3 is 2.78 bits per heavy atom. The lowest BCUT2D eigenvalue weighted by Gasteiger charge is -2.28. The van der Waals surface area contributed by atoms with Crippen LogP contribution in [0.4, 0.5) is 0 Å². The van der Waals surface area contributed by atoms with E-state index in [1.165, 1.54) is 6.33 Å². The third-order valence-corrected chi connectivity index (χ3v) is 4.97. The molecule has 2 N–H and O–H groups in total. The van der Waals surface area contributed by atoms with Gasteiger partial charge in [0.1, 0.15) is 23.3 Å². The predicted octanol–water partition coefficient (Wildman–Crippen LogP) is 3.39. The van der Waals surface area contributed by atoms with E-state index in [0.29, 0.717) is 18.0 Å². The average Bonchev–Trinajstić information content (AvgIpc) is 3.23. The van der Waals surface area contributed by atoms with Crippen LogP contribution in [0.2, 0.25) is 0 Å². The molecule has 1 atom stereocenters. The van der Waals surface area contributed by atoms with E-state index in [0.717, 1.165) is 27.8 Å². The number of rotatable bonds is 3. The number of benzene rings is 2. The highest BCUT2D eigenvalue weighted by atomic mass is 16.5. The third kappa shape index (κ3) is 2.38. The first kappa shape index (κ1) is 15.8. The average molecular weight is 359 g/mol. The van der Waals surface area contributed by atoms with Crippen LogP contribution in [0.3, 0.4) is 0 Å². The largest absolute Gasteiger partial charge is 0.468 e. The molecule has 0 bridgehead atoms. The number of fused-ring (bicyclic) bond motifs is 4. The van der Waals surface area contributed by atoms with Crippen molar-refractivity contribution in [2.75, 3.05) is 6.61 Å². The van der Waals surface area contributed by atoms with Gasteiger partial charge >= 0.3 is 0 Å². The minimum absolute atomic E-state index is 0.0667. The van der Waals surface area contributed by atoms with Gasteiger partial charge in [-0.15, -0.1) is 0 Å². The van der Waals surface area contributed by atoms with Crippen molar-refractivity contribution in [2.24, 2.45) is 0 Å². The van der Waals surface area contributed by atoms with E-state index in [9.17, 15) is 5.11 Å². The number of aliphatic hydroxyl groups is 1. The molecule has 0 radical (unpaired) electrons. The third-order valence-electron chi connectivity index (χ3n) is 4.97. The summed E-state index contributed by atoms with van der Waals surface area (Å²) in [6.07, 6.45) is 3.17. The smallest absolute Gasteiger partial charge is 0.228 e. The molecule has 1 aliphatic heterocycles. The highest BCUT2D eigenvalue weighted by molar-refractivity contribution is 5.90. The Kier molecular flexibility index (Phi) is 3.58. The van der Waals surface area contributed by atoms with Crippen LogP contribution in [0.25, 0.3) is 10.8 Å². The summed E-state index contributed by atoms with van der Waals surface area (Å²) in [5.74, 6) is 1.54. The van der Waals surface area contributed by atoms with Crippen LogP contribution in [-0.4, -0.2) is 21.3 Å². The molecule has 0 saturated carbocycles. The Bertz CT molecular complexity index is 1200. The van der Waals surface area contributed by atoms with Crippen molar-refractivity contribution in [1.82, 2.24) is 9.55 Å². The molecule has 3 heterocycles. The molecule has 0 fully saturated rings. The van der Waals surface area contributed by atoms with E-state index < -0.39 is 0 Å². The number of hydrogen-bond acceptors (Lipinski definition) is 5. The van der Waals surface area contributed by atoms with Crippen molar-refractivity contribution in [3.63, 3.8) is 0 Å². The summed E-state index contributed by atoms with van der Waals surface area (Å²) in [5.41, 5.74) is 1.87. The molecule has 0 aliphatic carbocycles. The molecule has 4 aromatic rings. The molecule has 1 unspecified atom stereocenters. The predicted molar refractivity (Wildman–Crippen MR) is 98.8 cm³/mol. The van der Waals surface area contributed by atoms with Crippen LogP contribution >= 0.6 is 0 Å². The second-order valence-corrected chi connectivity index (χ2v) is 6.48. The van der Waals surface area contributed by atoms with Crippen LogP contribution < -0.4 is 10.2 Å². The van der Waals surface area contributed by atoms with Crippen LogP contribution in [-0.2, 0) is 6.54 Å². The van der Waals surface area contributed by atoms with Gasteiger partial charge in [-0.1, -0.05) is 30.3 Å². The van der Waals surface area contributed by atoms with E-state index in [2.05, 4.69) is 17.1 Å². The lowest BCUT2D eigenvalue weighted by molar-refractivity contribution is 0.271. The monoisotopic (exact) mass is 359 g/mol. The highest BCUT2D eigenvalue weighted by Crippen LogP contribution is 2.47. The van der Waals surface area contributed by atoms with E-state index in [-0.39, 0.29) is 18.0 Å². The first-order chi connectivity index (χ1) is 13.3. The zero-order valence-corrected chi connectivity index (χ0v) is 14.4. The van der Waals surface area contributed by atoms with E-state index in [1.54, 1.807) is 10.8 Å². The topological polar surface area (TPSA) is 84.3 Å². The molecule has 5 rings (SSSR count). The van der Waals surface area contributed by atoms with Gasteiger partial charge in [0.2, 0.25) is 5.88 Å². The van der Waals surface area contributed by atoms with Gasteiger partial charge in [-0.25, -0.2) is 4.98 Å². The van der Waals surface area contributed by atoms with Crippen molar-refractivity contribution in [3.8, 4) is 11.6 Å². The maximum Gasteiger partial charge on any atom is 0.228 e. The summed E-state index contributed by atoms with van der Waals surface area (Å²) in [6, 6.07) is 15.8. The van der Waals surface area contributed by atoms with Crippen molar-refractivity contribution < 1.29 is 14.3 Å². The van der Waals surface area contributed by atoms with Crippen LogP contribution in [0, 0.1) is 5.41 Å². The van der Waals surface area contributed by atoms with Gasteiger partial charge in [0.25, 0.3) is 0 Å². The van der Waals surface area contributed by atoms with E-state index in [4.69, 9.17) is 14.6 Å². The Balaban J connectivity index is 1.86. The van der Waals surface area contributed by atoms with Crippen LogP contribution in [0.5, 0.6) is 11.6 Å².